The standard InChI is InChI=1S/C23H23Br2N3O4/c1-4-14(3)22-27-19-8-6-17(25)11-18(19)23(30)28(22)26-12-15-10-16(24)7-9-20(15)32-13-21(29)31-5-2/h6-12,14H,4-5,13H2,1-3H3/t14-/m0/s1. The normalized spacial score (nSPS) is 12.3. The second kappa shape index (κ2) is 10.9. The Kier molecular flexibility index (Phi) is 8.20. The van der Waals surface area contributed by atoms with Crippen LogP contribution in [0.25, 0.3) is 10.9 Å². The number of halogens is 2. The number of fused-ring (bicyclic) bond motifs is 1. The molecule has 0 radical (unpaired) electrons. The van der Waals surface area contributed by atoms with Crippen molar-refractivity contribution in [3.05, 3.63) is 67.1 Å². The van der Waals surface area contributed by atoms with E-state index in [2.05, 4.69) is 37.0 Å². The third-order valence-corrected chi connectivity index (χ3v) is 5.81. The van der Waals surface area contributed by atoms with Crippen LogP contribution in [0.2, 0.25) is 0 Å². The Morgan fingerprint density at radius 2 is 1.91 bits per heavy atom. The van der Waals surface area contributed by atoms with Crippen molar-refractivity contribution < 1.29 is 14.3 Å². The van der Waals surface area contributed by atoms with Gasteiger partial charge in [0.05, 0.1) is 23.7 Å². The molecule has 0 aliphatic heterocycles. The first kappa shape index (κ1) is 24.1. The molecule has 32 heavy (non-hydrogen) atoms. The summed E-state index contributed by atoms with van der Waals surface area (Å²) in [4.78, 5) is 29.7. The second-order valence-corrected chi connectivity index (χ2v) is 8.91. The van der Waals surface area contributed by atoms with Crippen LogP contribution < -0.4 is 10.3 Å². The molecule has 0 saturated carbocycles. The number of carbonyl (C=O) groups excluding carboxylic acids is 1. The topological polar surface area (TPSA) is 82.8 Å². The molecule has 0 spiro atoms. The molecule has 0 aliphatic carbocycles. The first-order valence-corrected chi connectivity index (χ1v) is 11.8. The number of nitrogens with zero attached hydrogens (tertiary/aromatic N) is 3. The Hall–Kier alpha value is -2.52. The molecule has 168 valence electrons. The lowest BCUT2D eigenvalue weighted by Gasteiger charge is -2.14. The molecular weight excluding hydrogens is 542 g/mol. The van der Waals surface area contributed by atoms with Gasteiger partial charge >= 0.3 is 5.97 Å². The van der Waals surface area contributed by atoms with Gasteiger partial charge in [0.2, 0.25) is 0 Å². The van der Waals surface area contributed by atoms with E-state index in [-0.39, 0.29) is 24.7 Å². The van der Waals surface area contributed by atoms with Crippen molar-refractivity contribution in [2.45, 2.75) is 33.1 Å². The van der Waals surface area contributed by atoms with Crippen LogP contribution in [-0.4, -0.2) is 35.1 Å². The summed E-state index contributed by atoms with van der Waals surface area (Å²) >= 11 is 6.85. The van der Waals surface area contributed by atoms with Crippen LogP contribution in [0.1, 0.15) is 44.5 Å². The maximum absolute atomic E-state index is 13.3. The molecule has 3 rings (SSSR count). The van der Waals surface area contributed by atoms with Crippen LogP contribution >= 0.6 is 31.9 Å². The van der Waals surface area contributed by atoms with Gasteiger partial charge in [-0.15, -0.1) is 0 Å². The van der Waals surface area contributed by atoms with E-state index in [0.717, 1.165) is 15.4 Å². The molecule has 9 heteroatoms. The molecule has 0 unspecified atom stereocenters. The second-order valence-electron chi connectivity index (χ2n) is 7.08. The molecule has 7 nitrogen and oxygen atoms in total. The van der Waals surface area contributed by atoms with E-state index in [0.29, 0.717) is 28.0 Å². The summed E-state index contributed by atoms with van der Waals surface area (Å²) in [5, 5.41) is 4.94. The molecule has 1 aromatic heterocycles. The van der Waals surface area contributed by atoms with Crippen molar-refractivity contribution in [3.63, 3.8) is 0 Å². The van der Waals surface area contributed by atoms with Gasteiger partial charge in [-0.3, -0.25) is 4.79 Å². The minimum Gasteiger partial charge on any atom is -0.481 e. The van der Waals surface area contributed by atoms with Crippen LogP contribution in [0.15, 0.2) is 55.2 Å². The molecule has 0 aliphatic rings. The summed E-state index contributed by atoms with van der Waals surface area (Å²) in [5.74, 6) is 0.583. The highest BCUT2D eigenvalue weighted by Crippen LogP contribution is 2.23. The van der Waals surface area contributed by atoms with Crippen molar-refractivity contribution in [1.82, 2.24) is 9.66 Å². The van der Waals surface area contributed by atoms with E-state index in [1.165, 1.54) is 10.9 Å². The molecular formula is C23H23Br2N3O4. The molecule has 3 aromatic rings. The Labute approximate surface area is 202 Å². The van der Waals surface area contributed by atoms with Crippen molar-refractivity contribution >= 4 is 54.9 Å². The number of carbonyl (C=O) groups is 1. The van der Waals surface area contributed by atoms with Gasteiger partial charge in [0.1, 0.15) is 11.6 Å². The largest absolute Gasteiger partial charge is 0.481 e. The van der Waals surface area contributed by atoms with E-state index < -0.39 is 5.97 Å². The van der Waals surface area contributed by atoms with Crippen LogP contribution in [0.4, 0.5) is 0 Å². The minimum atomic E-state index is -0.460. The Balaban J connectivity index is 2.06. The monoisotopic (exact) mass is 563 g/mol. The van der Waals surface area contributed by atoms with E-state index >= 15 is 0 Å². The first-order chi connectivity index (χ1) is 15.3. The summed E-state index contributed by atoms with van der Waals surface area (Å²) in [7, 11) is 0. The lowest BCUT2D eigenvalue weighted by atomic mass is 10.1. The van der Waals surface area contributed by atoms with Gasteiger partial charge in [-0.05, 0) is 49.7 Å². The van der Waals surface area contributed by atoms with E-state index in [9.17, 15) is 9.59 Å². The summed E-state index contributed by atoms with van der Waals surface area (Å²) < 4.78 is 13.5. The Morgan fingerprint density at radius 3 is 2.62 bits per heavy atom. The Morgan fingerprint density at radius 1 is 1.19 bits per heavy atom. The van der Waals surface area contributed by atoms with Crippen LogP contribution in [0, 0.1) is 0 Å². The maximum atomic E-state index is 13.3. The molecule has 2 aromatic carbocycles. The predicted octanol–water partition coefficient (Wildman–Crippen LogP) is 5.26. The highest BCUT2D eigenvalue weighted by molar-refractivity contribution is 9.10. The first-order valence-electron chi connectivity index (χ1n) is 10.2. The molecule has 1 heterocycles. The number of rotatable bonds is 8. The average Bonchev–Trinajstić information content (AvgIpc) is 2.77. The third kappa shape index (κ3) is 5.63. The molecule has 0 amide bonds. The predicted molar refractivity (Wildman–Crippen MR) is 132 cm³/mol. The van der Waals surface area contributed by atoms with Gasteiger partial charge in [-0.25, -0.2) is 9.78 Å². The fourth-order valence-electron chi connectivity index (χ4n) is 2.99. The van der Waals surface area contributed by atoms with Gasteiger partial charge in [-0.1, -0.05) is 45.7 Å². The number of benzene rings is 2. The van der Waals surface area contributed by atoms with Crippen LogP contribution in [-0.2, 0) is 9.53 Å². The summed E-state index contributed by atoms with van der Waals surface area (Å²) in [5.41, 5.74) is 0.965. The summed E-state index contributed by atoms with van der Waals surface area (Å²) in [6.45, 7) is 5.83. The highest BCUT2D eigenvalue weighted by Gasteiger charge is 2.16. The fraction of sp³-hybridized carbons (Fsp3) is 0.304. The maximum Gasteiger partial charge on any atom is 0.344 e. The van der Waals surface area contributed by atoms with Crippen molar-refractivity contribution in [3.8, 4) is 5.75 Å². The quantitative estimate of drug-likeness (QED) is 0.275. The van der Waals surface area contributed by atoms with Gasteiger partial charge in [0.25, 0.3) is 5.56 Å². The van der Waals surface area contributed by atoms with Crippen molar-refractivity contribution in [1.29, 1.82) is 0 Å². The minimum absolute atomic E-state index is 0.0231. The van der Waals surface area contributed by atoms with E-state index in [1.807, 2.05) is 26.0 Å². The van der Waals surface area contributed by atoms with Crippen molar-refractivity contribution in [2.75, 3.05) is 13.2 Å². The smallest absolute Gasteiger partial charge is 0.344 e. The van der Waals surface area contributed by atoms with E-state index in [4.69, 9.17) is 14.5 Å². The van der Waals surface area contributed by atoms with Gasteiger partial charge in [0, 0.05) is 20.4 Å². The lowest BCUT2D eigenvalue weighted by molar-refractivity contribution is -0.145. The highest BCUT2D eigenvalue weighted by atomic mass is 79.9. The molecule has 0 bridgehead atoms. The lowest BCUT2D eigenvalue weighted by Crippen LogP contribution is -2.23. The van der Waals surface area contributed by atoms with Crippen molar-refractivity contribution in [2.24, 2.45) is 5.10 Å². The molecule has 1 atom stereocenters. The number of hydrogen-bond acceptors (Lipinski definition) is 6. The average molecular weight is 565 g/mol. The zero-order valence-corrected chi connectivity index (χ0v) is 21.1. The van der Waals surface area contributed by atoms with Gasteiger partial charge in [-0.2, -0.15) is 9.78 Å². The third-order valence-electron chi connectivity index (χ3n) is 4.82. The molecule has 0 fully saturated rings. The number of ether oxygens (including phenoxy) is 2. The zero-order valence-electron chi connectivity index (χ0n) is 18.0. The summed E-state index contributed by atoms with van der Waals surface area (Å²) in [6.07, 6.45) is 2.33. The number of hydrogen-bond donors (Lipinski definition) is 0. The zero-order chi connectivity index (χ0) is 23.3. The van der Waals surface area contributed by atoms with Gasteiger partial charge in [0.15, 0.2) is 6.61 Å². The van der Waals surface area contributed by atoms with Crippen LogP contribution in [0.3, 0.4) is 0 Å². The number of aromatic nitrogens is 2. The SMILES string of the molecule is CCOC(=O)COc1ccc(Br)cc1C=Nn1c([C@@H](C)CC)nc2ccc(Br)cc2c1=O. The number of esters is 1. The van der Waals surface area contributed by atoms with Crippen LogP contribution in [0.5, 0.6) is 5.75 Å². The molecule has 0 N–H and O–H groups in total. The van der Waals surface area contributed by atoms with E-state index in [1.54, 1.807) is 31.2 Å². The summed E-state index contributed by atoms with van der Waals surface area (Å²) in [6, 6.07) is 10.7. The Bertz CT molecular complexity index is 1220. The fourth-order valence-corrected chi connectivity index (χ4v) is 3.73. The molecule has 0 saturated heterocycles. The van der Waals surface area contributed by atoms with Gasteiger partial charge < -0.3 is 9.47 Å².